The third-order valence-electron chi connectivity index (χ3n) is 9.38. The first-order valence-corrected chi connectivity index (χ1v) is 17.6. The number of nitrogens with zero attached hydrogens (tertiary/aromatic N) is 2. The number of aliphatic hydroxyl groups is 1. The number of anilines is 3. The molecule has 1 spiro atoms. The molecule has 2 amide bonds. The van der Waals surface area contributed by atoms with Crippen molar-refractivity contribution in [2.45, 2.75) is 50.2 Å². The second-order valence-electron chi connectivity index (χ2n) is 12.3. The fraction of sp³-hybridized carbons (Fsp3) is 0.294. The molecule has 4 aromatic carbocycles. The van der Waals surface area contributed by atoms with E-state index in [2.05, 4.69) is 0 Å². The van der Waals surface area contributed by atoms with Gasteiger partial charge in [-0.15, -0.1) is 0 Å². The molecule has 3 aliphatic heterocycles. The molecule has 2 N–H and O–H groups in total. The summed E-state index contributed by atoms with van der Waals surface area (Å²) >= 11 is 0. The molecule has 0 bridgehead atoms. The maximum absolute atomic E-state index is 14.6. The largest absolute Gasteiger partial charge is 0.432 e. The summed E-state index contributed by atoms with van der Waals surface area (Å²) in [5.74, 6) is -0.632. The van der Waals surface area contributed by atoms with Crippen molar-refractivity contribution >= 4 is 48.0 Å². The van der Waals surface area contributed by atoms with Crippen molar-refractivity contribution in [3.63, 3.8) is 0 Å². The van der Waals surface area contributed by atoms with Crippen molar-refractivity contribution in [2.75, 3.05) is 16.4 Å². The number of ether oxygens (including phenoxy) is 1. The van der Waals surface area contributed by atoms with Gasteiger partial charge in [-0.2, -0.15) is 0 Å². The SMILES string of the molecule is C[C@H]1[C@H]([Si](C)(C)O)[C@@H](CCO)O[C@]12C(=O)N(Cc1ccccc1)c1ccc(N3C(=O)c4cccc5cccc3c45)cc12. The van der Waals surface area contributed by atoms with Gasteiger partial charge in [-0.05, 0) is 60.8 Å². The van der Waals surface area contributed by atoms with Crippen LogP contribution >= 0.6 is 0 Å². The van der Waals surface area contributed by atoms with Crippen LogP contribution < -0.4 is 9.80 Å². The lowest BCUT2D eigenvalue weighted by Crippen LogP contribution is -2.46. The molecular formula is C34H34N2O5Si. The quantitative estimate of drug-likeness (QED) is 0.280. The lowest BCUT2D eigenvalue weighted by Gasteiger charge is -2.32. The Bertz CT molecular complexity index is 1730. The summed E-state index contributed by atoms with van der Waals surface area (Å²) in [6.07, 6.45) is -0.142. The lowest BCUT2D eigenvalue weighted by molar-refractivity contribution is -0.146. The van der Waals surface area contributed by atoms with Gasteiger partial charge in [0.25, 0.3) is 11.8 Å². The molecular weight excluding hydrogens is 544 g/mol. The third kappa shape index (κ3) is 3.76. The van der Waals surface area contributed by atoms with E-state index < -0.39 is 20.0 Å². The zero-order valence-corrected chi connectivity index (χ0v) is 24.9. The molecule has 1 fully saturated rings. The molecule has 0 aliphatic carbocycles. The molecule has 0 radical (unpaired) electrons. The van der Waals surface area contributed by atoms with Crippen LogP contribution in [0, 0.1) is 5.92 Å². The van der Waals surface area contributed by atoms with Gasteiger partial charge >= 0.3 is 0 Å². The summed E-state index contributed by atoms with van der Waals surface area (Å²) in [5, 5.41) is 11.8. The number of hydrogen-bond acceptors (Lipinski definition) is 5. The van der Waals surface area contributed by atoms with Crippen LogP contribution in [-0.4, -0.2) is 42.7 Å². The van der Waals surface area contributed by atoms with Gasteiger partial charge in [0.2, 0.25) is 0 Å². The van der Waals surface area contributed by atoms with Gasteiger partial charge in [0.05, 0.1) is 29.6 Å². The van der Waals surface area contributed by atoms with Crippen molar-refractivity contribution in [1.82, 2.24) is 0 Å². The highest BCUT2D eigenvalue weighted by Crippen LogP contribution is 2.60. The van der Waals surface area contributed by atoms with Crippen LogP contribution in [0.3, 0.4) is 0 Å². The Morgan fingerprint density at radius 1 is 0.929 bits per heavy atom. The Hall–Kier alpha value is -3.82. The van der Waals surface area contributed by atoms with Crippen LogP contribution in [0.2, 0.25) is 18.6 Å². The Labute approximate surface area is 246 Å². The average Bonchev–Trinajstić information content (AvgIpc) is 3.52. The van der Waals surface area contributed by atoms with E-state index in [1.54, 1.807) is 9.80 Å². The Kier molecular flexibility index (Phi) is 6.18. The summed E-state index contributed by atoms with van der Waals surface area (Å²) in [6, 6.07) is 27.3. The summed E-state index contributed by atoms with van der Waals surface area (Å²) in [7, 11) is -2.82. The lowest BCUT2D eigenvalue weighted by atomic mass is 9.82. The number of hydrogen-bond donors (Lipinski definition) is 2. The minimum Gasteiger partial charge on any atom is -0.432 e. The first-order valence-electron chi connectivity index (χ1n) is 14.5. The Morgan fingerprint density at radius 2 is 1.67 bits per heavy atom. The van der Waals surface area contributed by atoms with E-state index in [-0.39, 0.29) is 29.9 Å². The average molecular weight is 579 g/mol. The number of rotatable bonds is 6. The molecule has 1 saturated heterocycles. The van der Waals surface area contributed by atoms with Crippen LogP contribution in [0.25, 0.3) is 10.8 Å². The summed E-state index contributed by atoms with van der Waals surface area (Å²) in [4.78, 5) is 43.4. The molecule has 0 aromatic heterocycles. The van der Waals surface area contributed by atoms with E-state index >= 15 is 0 Å². The predicted molar refractivity (Wildman–Crippen MR) is 165 cm³/mol. The van der Waals surface area contributed by atoms with Gasteiger partial charge in [-0.25, -0.2) is 0 Å². The minimum absolute atomic E-state index is 0.103. The molecule has 7 rings (SSSR count). The van der Waals surface area contributed by atoms with Gasteiger partial charge in [0.1, 0.15) is 0 Å². The van der Waals surface area contributed by atoms with Crippen LogP contribution in [-0.2, 0) is 21.7 Å². The molecule has 7 nitrogen and oxygen atoms in total. The molecule has 0 saturated carbocycles. The van der Waals surface area contributed by atoms with Crippen molar-refractivity contribution in [2.24, 2.45) is 5.92 Å². The van der Waals surface area contributed by atoms with E-state index in [0.29, 0.717) is 29.8 Å². The zero-order valence-electron chi connectivity index (χ0n) is 23.9. The van der Waals surface area contributed by atoms with E-state index in [9.17, 15) is 19.5 Å². The second-order valence-corrected chi connectivity index (χ2v) is 16.2. The highest BCUT2D eigenvalue weighted by Gasteiger charge is 2.66. The number of carbonyl (C=O) groups is 2. The molecule has 4 atom stereocenters. The fourth-order valence-corrected chi connectivity index (χ4v) is 10.3. The minimum atomic E-state index is -2.82. The Morgan fingerprint density at radius 3 is 2.38 bits per heavy atom. The van der Waals surface area contributed by atoms with Crippen LogP contribution in [0.5, 0.6) is 0 Å². The van der Waals surface area contributed by atoms with E-state index in [1.807, 2.05) is 105 Å². The number of fused-ring (bicyclic) bond motifs is 2. The van der Waals surface area contributed by atoms with Crippen LogP contribution in [0.1, 0.15) is 34.8 Å². The van der Waals surface area contributed by atoms with Gasteiger partial charge in [0, 0.05) is 34.7 Å². The molecule has 42 heavy (non-hydrogen) atoms. The summed E-state index contributed by atoms with van der Waals surface area (Å²) < 4.78 is 6.79. The topological polar surface area (TPSA) is 90.3 Å². The van der Waals surface area contributed by atoms with Gasteiger partial charge < -0.3 is 19.5 Å². The van der Waals surface area contributed by atoms with E-state index in [0.717, 1.165) is 27.7 Å². The van der Waals surface area contributed by atoms with Crippen molar-refractivity contribution in [3.8, 4) is 0 Å². The van der Waals surface area contributed by atoms with Crippen LogP contribution in [0.15, 0.2) is 84.9 Å². The Balaban J connectivity index is 1.40. The number of carbonyl (C=O) groups excluding carboxylic acids is 2. The summed E-state index contributed by atoms with van der Waals surface area (Å²) in [5.41, 5.74) is 2.94. The van der Waals surface area contributed by atoms with Crippen molar-refractivity contribution in [1.29, 1.82) is 0 Å². The fourth-order valence-electron chi connectivity index (χ4n) is 7.70. The molecule has 4 aromatic rings. The summed E-state index contributed by atoms with van der Waals surface area (Å²) in [6.45, 7) is 6.01. The van der Waals surface area contributed by atoms with Gasteiger partial charge in [0.15, 0.2) is 13.9 Å². The first kappa shape index (κ1) is 27.0. The molecule has 0 unspecified atom stereocenters. The van der Waals surface area contributed by atoms with Gasteiger partial charge in [-0.1, -0.05) is 61.5 Å². The smallest absolute Gasteiger partial charge is 0.264 e. The third-order valence-corrected chi connectivity index (χ3v) is 11.9. The van der Waals surface area contributed by atoms with Gasteiger partial charge in [-0.3, -0.25) is 14.5 Å². The standard InChI is InChI=1S/C34H34N2O5Si/c1-21-31(42(2,3)40)29(17-18-37)41-34(21)26-19-24(15-16-27(26)35(33(34)39)20-22-9-5-4-6-10-22)36-28-14-8-12-23-11-7-13-25(30(23)28)32(36)38/h4-16,19,21,29,31,37,40H,17-18,20H2,1-3H3/t21-,29+,31-,34+/m0/s1. The van der Waals surface area contributed by atoms with E-state index in [1.165, 1.54) is 0 Å². The molecule has 214 valence electrons. The normalized spacial score (nSPS) is 24.8. The molecule has 8 heteroatoms. The number of amides is 2. The predicted octanol–water partition coefficient (Wildman–Crippen LogP) is 5.86. The van der Waals surface area contributed by atoms with Crippen molar-refractivity contribution < 1.29 is 24.2 Å². The number of aliphatic hydroxyl groups excluding tert-OH is 1. The maximum Gasteiger partial charge on any atom is 0.264 e. The molecule has 3 aliphatic rings. The zero-order chi connectivity index (χ0) is 29.4. The second kappa shape index (κ2) is 9.60. The van der Waals surface area contributed by atoms with Crippen molar-refractivity contribution in [3.05, 3.63) is 102 Å². The molecule has 3 heterocycles. The van der Waals surface area contributed by atoms with Crippen LogP contribution in [0.4, 0.5) is 17.1 Å². The number of benzene rings is 4. The highest BCUT2D eigenvalue weighted by atomic mass is 28.4. The maximum atomic E-state index is 14.6. The van der Waals surface area contributed by atoms with E-state index in [4.69, 9.17) is 4.74 Å². The highest BCUT2D eigenvalue weighted by molar-refractivity contribution is 6.71. The first-order chi connectivity index (χ1) is 20.2. The monoisotopic (exact) mass is 578 g/mol.